The topological polar surface area (TPSA) is 76.1 Å². The van der Waals surface area contributed by atoms with E-state index in [4.69, 9.17) is 5.73 Å². The van der Waals surface area contributed by atoms with Crippen LogP contribution in [0.4, 0.5) is 5.69 Å². The largest absolute Gasteiger partial charge is 0.399 e. The van der Waals surface area contributed by atoms with Gasteiger partial charge in [0.1, 0.15) is 0 Å². The van der Waals surface area contributed by atoms with Gasteiger partial charge in [-0.3, -0.25) is 0 Å². The van der Waals surface area contributed by atoms with Crippen LogP contribution in [0.15, 0.2) is 53.6 Å². The van der Waals surface area contributed by atoms with E-state index in [0.717, 1.165) is 5.69 Å². The van der Waals surface area contributed by atoms with Crippen LogP contribution >= 0.6 is 0 Å². The highest BCUT2D eigenvalue weighted by atomic mass is 32.2. The third kappa shape index (κ3) is 3.15. The number of benzene rings is 1. The van der Waals surface area contributed by atoms with Gasteiger partial charge in [-0.15, -0.1) is 4.72 Å². The van der Waals surface area contributed by atoms with Gasteiger partial charge in [0.25, 0.3) is 0 Å². The maximum Gasteiger partial charge on any atom is 0.245 e. The summed E-state index contributed by atoms with van der Waals surface area (Å²) in [4.78, 5) is 0.202. The summed E-state index contributed by atoms with van der Waals surface area (Å²) >= 11 is 0. The highest BCUT2D eigenvalue weighted by Gasteiger charge is 2.23. The zero-order valence-electron chi connectivity index (χ0n) is 11.4. The van der Waals surface area contributed by atoms with Crippen molar-refractivity contribution in [1.29, 1.82) is 0 Å². The van der Waals surface area contributed by atoms with Gasteiger partial charge in [-0.2, -0.15) is 4.57 Å². The molecule has 0 saturated heterocycles. The highest BCUT2D eigenvalue weighted by molar-refractivity contribution is 7.89. The number of anilines is 1. The van der Waals surface area contributed by atoms with Crippen molar-refractivity contribution < 1.29 is 13.0 Å². The van der Waals surface area contributed by atoms with Gasteiger partial charge >= 0.3 is 0 Å². The first-order valence-electron chi connectivity index (χ1n) is 6.25. The molecule has 0 saturated carbocycles. The van der Waals surface area contributed by atoms with Crippen molar-refractivity contribution in [2.45, 2.75) is 24.9 Å². The van der Waals surface area contributed by atoms with Crippen molar-refractivity contribution in [2.75, 3.05) is 5.73 Å². The van der Waals surface area contributed by atoms with Crippen molar-refractivity contribution in [3.05, 3.63) is 54.4 Å². The lowest BCUT2D eigenvalue weighted by Gasteiger charge is -2.12. The van der Waals surface area contributed by atoms with Crippen LogP contribution in [0.3, 0.4) is 0 Å². The second-order valence-corrected chi connectivity index (χ2v) is 6.33. The molecule has 2 aromatic rings. The molecule has 2 rings (SSSR count). The predicted molar refractivity (Wildman–Crippen MR) is 77.3 cm³/mol. The normalized spacial score (nSPS) is 13.1. The first kappa shape index (κ1) is 14.5. The van der Waals surface area contributed by atoms with Gasteiger partial charge in [0, 0.05) is 31.7 Å². The number of nitrogens with zero attached hydrogens (tertiary/aromatic N) is 1. The number of hydrogen-bond acceptors (Lipinski definition) is 3. The van der Waals surface area contributed by atoms with Gasteiger partial charge in [-0.05, 0) is 24.3 Å². The molecule has 1 aromatic heterocycles. The number of nitrogen functional groups attached to an aromatic ring is 1. The summed E-state index contributed by atoms with van der Waals surface area (Å²) in [6.45, 7) is 3.72. The Hall–Kier alpha value is -1.92. The molecule has 106 valence electrons. The second kappa shape index (κ2) is 5.60. The van der Waals surface area contributed by atoms with Gasteiger partial charge in [0.05, 0.1) is 4.90 Å². The molecule has 3 N–H and O–H groups in total. The van der Waals surface area contributed by atoms with Crippen molar-refractivity contribution >= 4 is 15.7 Å². The molecule has 0 aliphatic heterocycles. The quantitative estimate of drug-likeness (QED) is 0.660. The molecule has 0 bridgehead atoms. The Kier molecular flexibility index (Phi) is 4.06. The Morgan fingerprint density at radius 2 is 1.80 bits per heavy atom. The number of aromatic nitrogens is 1. The fourth-order valence-electron chi connectivity index (χ4n) is 1.97. The predicted octanol–water partition coefficient (Wildman–Crippen LogP) is 1.36. The van der Waals surface area contributed by atoms with Gasteiger partial charge in [-0.1, -0.05) is 6.07 Å². The third-order valence-electron chi connectivity index (χ3n) is 3.04. The van der Waals surface area contributed by atoms with Crippen molar-refractivity contribution in [3.8, 4) is 0 Å². The number of aryl methyl sites for hydroxylation is 1. The number of hydrogen-bond donors (Lipinski definition) is 2. The van der Waals surface area contributed by atoms with Crippen molar-refractivity contribution in [1.82, 2.24) is 4.72 Å². The molecule has 0 aliphatic rings. The molecule has 1 heterocycles. The summed E-state index contributed by atoms with van der Waals surface area (Å²) < 4.78 is 29.0. The van der Waals surface area contributed by atoms with E-state index in [1.807, 2.05) is 35.9 Å². The Balaban J connectivity index is 2.24. The molecule has 1 aromatic carbocycles. The maximum absolute atomic E-state index is 12.3. The van der Waals surface area contributed by atoms with Crippen LogP contribution in [-0.2, 0) is 10.0 Å². The Morgan fingerprint density at radius 1 is 1.15 bits per heavy atom. The summed E-state index contributed by atoms with van der Waals surface area (Å²) in [5.74, 6) is 0. The summed E-state index contributed by atoms with van der Waals surface area (Å²) in [5.41, 5.74) is 7.07. The number of nitrogens with one attached hydrogen (secondary N) is 1. The van der Waals surface area contributed by atoms with Gasteiger partial charge in [-0.25, -0.2) is 8.42 Å². The lowest BCUT2D eigenvalue weighted by Crippen LogP contribution is -2.49. The Morgan fingerprint density at radius 3 is 2.40 bits per heavy atom. The molecule has 0 amide bonds. The van der Waals surface area contributed by atoms with E-state index in [-0.39, 0.29) is 11.1 Å². The smallest absolute Gasteiger partial charge is 0.245 e. The van der Waals surface area contributed by atoms with E-state index >= 15 is 0 Å². The average molecular weight is 292 g/mol. The average Bonchev–Trinajstić information content (AvgIpc) is 2.39. The zero-order chi connectivity index (χ0) is 14.8. The first-order valence-corrected chi connectivity index (χ1v) is 7.73. The minimum absolute atomic E-state index is 0.202. The minimum Gasteiger partial charge on any atom is -0.399 e. The molecule has 0 aliphatic carbocycles. The van der Waals surface area contributed by atoms with Crippen LogP contribution in [0.5, 0.6) is 0 Å². The summed E-state index contributed by atoms with van der Waals surface area (Å²) in [6.07, 6.45) is 1.46. The SMILES string of the molecule is Cc1cccc[n+]1C(C)NS(=O)(=O)c1ccc(N)cc1. The molecule has 6 heteroatoms. The van der Waals surface area contributed by atoms with Crippen LogP contribution < -0.4 is 15.0 Å². The van der Waals surface area contributed by atoms with Crippen molar-refractivity contribution in [2.24, 2.45) is 0 Å². The summed E-state index contributed by atoms with van der Waals surface area (Å²) in [5, 5.41) is 0. The fourth-order valence-corrected chi connectivity index (χ4v) is 3.16. The van der Waals surface area contributed by atoms with Crippen LogP contribution in [0.1, 0.15) is 18.8 Å². The number of pyridine rings is 1. The third-order valence-corrected chi connectivity index (χ3v) is 4.58. The summed E-state index contributed by atoms with van der Waals surface area (Å²) in [6, 6.07) is 11.8. The first-order chi connectivity index (χ1) is 9.40. The molecule has 1 atom stereocenters. The summed E-state index contributed by atoms with van der Waals surface area (Å²) in [7, 11) is -3.57. The maximum atomic E-state index is 12.3. The van der Waals surface area contributed by atoms with E-state index in [1.54, 1.807) is 19.1 Å². The Labute approximate surface area is 119 Å². The van der Waals surface area contributed by atoms with Crippen LogP contribution in [-0.4, -0.2) is 8.42 Å². The Bertz CT molecular complexity index is 697. The van der Waals surface area contributed by atoms with Crippen LogP contribution in [0, 0.1) is 6.92 Å². The van der Waals surface area contributed by atoms with Crippen LogP contribution in [0.2, 0.25) is 0 Å². The molecule has 0 spiro atoms. The van der Waals surface area contributed by atoms with Gasteiger partial charge in [0.15, 0.2) is 11.9 Å². The second-order valence-electron chi connectivity index (χ2n) is 4.62. The van der Waals surface area contributed by atoms with E-state index in [0.29, 0.717) is 5.69 Å². The molecule has 5 nitrogen and oxygen atoms in total. The molecule has 0 radical (unpaired) electrons. The number of nitrogens with two attached hydrogens (primary N) is 1. The van der Waals surface area contributed by atoms with E-state index in [1.165, 1.54) is 12.1 Å². The molecule has 0 fully saturated rings. The van der Waals surface area contributed by atoms with Crippen molar-refractivity contribution in [3.63, 3.8) is 0 Å². The molecular formula is C14H18N3O2S+. The van der Waals surface area contributed by atoms with Gasteiger partial charge in [0.2, 0.25) is 16.2 Å². The molecule has 20 heavy (non-hydrogen) atoms. The van der Waals surface area contributed by atoms with E-state index in [2.05, 4.69) is 4.72 Å². The lowest BCUT2D eigenvalue weighted by molar-refractivity contribution is -0.727. The molecule has 1 unspecified atom stereocenters. The zero-order valence-corrected chi connectivity index (χ0v) is 12.3. The number of rotatable bonds is 4. The monoisotopic (exact) mass is 292 g/mol. The number of sulfonamides is 1. The van der Waals surface area contributed by atoms with E-state index < -0.39 is 10.0 Å². The molecular weight excluding hydrogens is 274 g/mol. The standard InChI is InChI=1S/C14H18N3O2S/c1-11-5-3-4-10-17(11)12(2)16-20(18,19)14-8-6-13(15)7-9-14/h3-10,12,16H,15H2,1-2H3/q+1. The lowest BCUT2D eigenvalue weighted by atomic mass is 10.3. The fraction of sp³-hybridized carbons (Fsp3) is 0.214. The minimum atomic E-state index is -3.57. The van der Waals surface area contributed by atoms with Gasteiger partial charge < -0.3 is 5.73 Å². The van der Waals surface area contributed by atoms with E-state index in [9.17, 15) is 8.42 Å². The highest BCUT2D eigenvalue weighted by Crippen LogP contribution is 2.12. The van der Waals surface area contributed by atoms with Crippen LogP contribution in [0.25, 0.3) is 0 Å².